The van der Waals surface area contributed by atoms with E-state index in [4.69, 9.17) is 9.47 Å². The highest BCUT2D eigenvalue weighted by Gasteiger charge is 2.25. The van der Waals surface area contributed by atoms with Crippen molar-refractivity contribution in [2.45, 2.75) is 25.3 Å². The summed E-state index contributed by atoms with van der Waals surface area (Å²) < 4.78 is 9.51. The van der Waals surface area contributed by atoms with Crippen LogP contribution in [-0.2, 0) is 20.7 Å². The fraction of sp³-hybridized carbons (Fsp3) is 0.348. The molecule has 1 aliphatic rings. The van der Waals surface area contributed by atoms with Gasteiger partial charge in [0.15, 0.2) is 0 Å². The minimum absolute atomic E-state index is 0.141. The van der Waals surface area contributed by atoms with E-state index in [2.05, 4.69) is 17.4 Å². The van der Waals surface area contributed by atoms with E-state index in [1.54, 1.807) is 0 Å². The number of fused-ring (bicyclic) bond motifs is 1. The number of amides is 1. The molecule has 1 aliphatic carbocycles. The first-order chi connectivity index (χ1) is 14.4. The molecule has 0 bridgehead atoms. The molecule has 30 heavy (non-hydrogen) atoms. The molecule has 1 N–H and O–H groups in total. The second-order valence-electron chi connectivity index (χ2n) is 7.31. The van der Waals surface area contributed by atoms with E-state index in [0.29, 0.717) is 0 Å². The van der Waals surface area contributed by atoms with Crippen LogP contribution in [0.1, 0.15) is 50.7 Å². The summed E-state index contributed by atoms with van der Waals surface area (Å²) in [6, 6.07) is 12.8. The van der Waals surface area contributed by atoms with Gasteiger partial charge in [-0.3, -0.25) is 9.69 Å². The van der Waals surface area contributed by atoms with Crippen LogP contribution in [0.15, 0.2) is 42.5 Å². The number of esters is 2. The molecular weight excluding hydrogens is 384 g/mol. The average molecular weight is 410 g/mol. The summed E-state index contributed by atoms with van der Waals surface area (Å²) >= 11 is 0. The third-order valence-electron chi connectivity index (χ3n) is 5.38. The summed E-state index contributed by atoms with van der Waals surface area (Å²) in [5.41, 5.74) is 3.19. The minimum atomic E-state index is -0.601. The van der Waals surface area contributed by atoms with E-state index in [9.17, 15) is 14.4 Å². The minimum Gasteiger partial charge on any atom is -0.465 e. The highest BCUT2D eigenvalue weighted by Crippen LogP contribution is 2.33. The first kappa shape index (κ1) is 21.5. The number of rotatable bonds is 6. The molecule has 2 aromatic rings. The Hall–Kier alpha value is -3.19. The fourth-order valence-corrected chi connectivity index (χ4v) is 3.89. The van der Waals surface area contributed by atoms with Gasteiger partial charge in [0.2, 0.25) is 5.91 Å². The SMILES string of the molecule is COC(=O)c1ccc(C(=O)OC)c(NC(=O)CN(C)[C@@H]2CCCc3ccccc32)c1. The maximum atomic E-state index is 12.8. The van der Waals surface area contributed by atoms with Gasteiger partial charge in [0, 0.05) is 6.04 Å². The lowest BCUT2D eigenvalue weighted by Crippen LogP contribution is -2.35. The molecule has 0 spiro atoms. The van der Waals surface area contributed by atoms with Gasteiger partial charge < -0.3 is 14.8 Å². The van der Waals surface area contributed by atoms with Crippen LogP contribution in [0.4, 0.5) is 5.69 Å². The van der Waals surface area contributed by atoms with Crippen molar-refractivity contribution in [1.82, 2.24) is 4.90 Å². The van der Waals surface area contributed by atoms with E-state index in [1.165, 1.54) is 43.5 Å². The van der Waals surface area contributed by atoms with Crippen LogP contribution in [0, 0.1) is 0 Å². The lowest BCUT2D eigenvalue weighted by Gasteiger charge is -2.32. The van der Waals surface area contributed by atoms with Gasteiger partial charge in [0.05, 0.1) is 37.6 Å². The number of nitrogens with one attached hydrogen (secondary N) is 1. The number of carbonyl (C=O) groups excluding carboxylic acids is 3. The van der Waals surface area contributed by atoms with Crippen LogP contribution in [-0.4, -0.2) is 50.6 Å². The van der Waals surface area contributed by atoms with E-state index in [1.807, 2.05) is 24.1 Å². The van der Waals surface area contributed by atoms with E-state index >= 15 is 0 Å². The number of benzene rings is 2. The van der Waals surface area contributed by atoms with Gasteiger partial charge >= 0.3 is 11.9 Å². The molecule has 0 unspecified atom stereocenters. The third-order valence-corrected chi connectivity index (χ3v) is 5.38. The molecule has 0 heterocycles. The quantitative estimate of drug-likeness (QED) is 0.736. The number of ether oxygens (including phenoxy) is 2. The molecule has 2 aromatic carbocycles. The van der Waals surface area contributed by atoms with Crippen LogP contribution < -0.4 is 5.32 Å². The van der Waals surface area contributed by atoms with Gasteiger partial charge in [-0.25, -0.2) is 9.59 Å². The Kier molecular flexibility index (Phi) is 6.84. The molecule has 1 amide bonds. The van der Waals surface area contributed by atoms with Crippen LogP contribution in [0.2, 0.25) is 0 Å². The third kappa shape index (κ3) is 4.68. The number of anilines is 1. The molecule has 7 heteroatoms. The first-order valence-electron chi connectivity index (χ1n) is 9.83. The van der Waals surface area contributed by atoms with Gasteiger partial charge in [-0.05, 0) is 55.6 Å². The average Bonchev–Trinajstić information content (AvgIpc) is 2.77. The van der Waals surface area contributed by atoms with Gasteiger partial charge in [-0.2, -0.15) is 0 Å². The van der Waals surface area contributed by atoms with Crippen molar-refractivity contribution in [3.05, 3.63) is 64.7 Å². The summed E-state index contributed by atoms with van der Waals surface area (Å²) in [5, 5.41) is 2.75. The van der Waals surface area contributed by atoms with Gasteiger partial charge in [-0.15, -0.1) is 0 Å². The summed E-state index contributed by atoms with van der Waals surface area (Å²) in [4.78, 5) is 38.7. The normalized spacial score (nSPS) is 15.3. The van der Waals surface area contributed by atoms with Crippen molar-refractivity contribution >= 4 is 23.5 Å². The molecule has 0 fully saturated rings. The second-order valence-corrected chi connectivity index (χ2v) is 7.31. The van der Waals surface area contributed by atoms with Crippen molar-refractivity contribution in [1.29, 1.82) is 0 Å². The molecule has 0 radical (unpaired) electrons. The Morgan fingerprint density at radius 2 is 1.80 bits per heavy atom. The highest BCUT2D eigenvalue weighted by atomic mass is 16.5. The maximum absolute atomic E-state index is 12.8. The molecule has 7 nitrogen and oxygen atoms in total. The Labute approximate surface area is 176 Å². The number of aryl methyl sites for hydroxylation is 1. The molecule has 0 aromatic heterocycles. The summed E-state index contributed by atoms with van der Waals surface area (Å²) in [5.74, 6) is -1.44. The molecular formula is C23H26N2O5. The highest BCUT2D eigenvalue weighted by molar-refractivity contribution is 6.03. The Morgan fingerprint density at radius 3 is 2.53 bits per heavy atom. The Morgan fingerprint density at radius 1 is 1.07 bits per heavy atom. The van der Waals surface area contributed by atoms with Crippen LogP contribution in [0.3, 0.4) is 0 Å². The zero-order valence-electron chi connectivity index (χ0n) is 17.4. The lowest BCUT2D eigenvalue weighted by atomic mass is 9.87. The topological polar surface area (TPSA) is 84.9 Å². The monoisotopic (exact) mass is 410 g/mol. The van der Waals surface area contributed by atoms with Crippen molar-refractivity contribution in [2.75, 3.05) is 33.1 Å². The zero-order chi connectivity index (χ0) is 21.7. The lowest BCUT2D eigenvalue weighted by molar-refractivity contribution is -0.117. The van der Waals surface area contributed by atoms with E-state index in [-0.39, 0.29) is 35.3 Å². The van der Waals surface area contributed by atoms with Gasteiger partial charge in [0.25, 0.3) is 0 Å². The standard InChI is InChI=1S/C23H26N2O5/c1-25(20-10-6-8-15-7-4-5-9-17(15)20)14-21(26)24-19-13-16(22(27)29-2)11-12-18(19)23(28)30-3/h4-5,7,9,11-13,20H,6,8,10,14H2,1-3H3,(H,24,26)/t20-/m1/s1. The number of carbonyl (C=O) groups is 3. The maximum Gasteiger partial charge on any atom is 0.339 e. The number of hydrogen-bond acceptors (Lipinski definition) is 6. The fourth-order valence-electron chi connectivity index (χ4n) is 3.89. The molecule has 0 saturated carbocycles. The molecule has 0 saturated heterocycles. The van der Waals surface area contributed by atoms with E-state index < -0.39 is 11.9 Å². The van der Waals surface area contributed by atoms with E-state index in [0.717, 1.165) is 19.3 Å². The predicted molar refractivity (Wildman–Crippen MR) is 113 cm³/mol. The van der Waals surface area contributed by atoms with Gasteiger partial charge in [0.1, 0.15) is 0 Å². The molecule has 0 aliphatic heterocycles. The number of nitrogens with zero attached hydrogens (tertiary/aromatic N) is 1. The van der Waals surface area contributed by atoms with Crippen molar-refractivity contribution in [2.24, 2.45) is 0 Å². The summed E-state index contributed by atoms with van der Waals surface area (Å²) in [6.07, 6.45) is 3.10. The summed E-state index contributed by atoms with van der Waals surface area (Å²) in [7, 11) is 4.45. The number of hydrogen-bond donors (Lipinski definition) is 1. The first-order valence-corrected chi connectivity index (χ1v) is 9.83. The van der Waals surface area contributed by atoms with Gasteiger partial charge in [-0.1, -0.05) is 24.3 Å². The molecule has 158 valence electrons. The Balaban J connectivity index is 1.77. The zero-order valence-corrected chi connectivity index (χ0v) is 17.4. The van der Waals surface area contributed by atoms with Crippen LogP contribution >= 0.6 is 0 Å². The largest absolute Gasteiger partial charge is 0.465 e. The second kappa shape index (κ2) is 9.54. The van der Waals surface area contributed by atoms with Crippen LogP contribution in [0.5, 0.6) is 0 Å². The smallest absolute Gasteiger partial charge is 0.339 e. The number of likely N-dealkylation sites (N-methyl/N-ethyl adjacent to an activating group) is 1. The Bertz CT molecular complexity index is 956. The predicted octanol–water partition coefficient (Wildman–Crippen LogP) is 3.21. The number of methoxy groups -OCH3 is 2. The molecule has 3 rings (SSSR count). The summed E-state index contributed by atoms with van der Waals surface area (Å²) in [6.45, 7) is 0.141. The van der Waals surface area contributed by atoms with Crippen molar-refractivity contribution in [3.8, 4) is 0 Å². The van der Waals surface area contributed by atoms with Crippen LogP contribution in [0.25, 0.3) is 0 Å². The molecule has 1 atom stereocenters. The van der Waals surface area contributed by atoms with Crippen molar-refractivity contribution < 1.29 is 23.9 Å². The van der Waals surface area contributed by atoms with Crippen molar-refractivity contribution in [3.63, 3.8) is 0 Å².